The van der Waals surface area contributed by atoms with Crippen LogP contribution in [0.4, 0.5) is 0 Å². The van der Waals surface area contributed by atoms with Crippen LogP contribution in [0.1, 0.15) is 30.4 Å². The molecule has 1 aromatic rings. The molecule has 1 N–H and O–H groups in total. The Morgan fingerprint density at radius 1 is 1.24 bits per heavy atom. The van der Waals surface area contributed by atoms with Crippen LogP contribution in [0.2, 0.25) is 0 Å². The van der Waals surface area contributed by atoms with Gasteiger partial charge in [-0.1, -0.05) is 30.7 Å². The van der Waals surface area contributed by atoms with Crippen LogP contribution in [-0.4, -0.2) is 29.3 Å². The van der Waals surface area contributed by atoms with Crippen LogP contribution in [0.25, 0.3) is 0 Å². The molecule has 2 nitrogen and oxygen atoms in total. The molecule has 0 unspecified atom stereocenters. The summed E-state index contributed by atoms with van der Waals surface area (Å²) in [6, 6.07) is 8.28. The van der Waals surface area contributed by atoms with Crippen LogP contribution < -0.4 is 0 Å². The molecule has 1 aliphatic heterocycles. The minimum absolute atomic E-state index is 0.713. The van der Waals surface area contributed by atoms with Gasteiger partial charge in [-0.2, -0.15) is 11.8 Å². The van der Waals surface area contributed by atoms with Crippen molar-refractivity contribution < 1.29 is 0 Å². The second-order valence-electron chi connectivity index (χ2n) is 4.48. The van der Waals surface area contributed by atoms with E-state index in [1.54, 1.807) is 0 Å². The van der Waals surface area contributed by atoms with Gasteiger partial charge >= 0.3 is 0 Å². The predicted octanol–water partition coefficient (Wildman–Crippen LogP) is 3.36. The highest BCUT2D eigenvalue weighted by Crippen LogP contribution is 2.22. The van der Waals surface area contributed by atoms with Crippen molar-refractivity contribution >= 4 is 17.6 Å². The van der Waals surface area contributed by atoms with Gasteiger partial charge in [0.25, 0.3) is 0 Å². The summed E-state index contributed by atoms with van der Waals surface area (Å²) in [5.41, 5.74) is 2.43. The molecule has 17 heavy (non-hydrogen) atoms. The fourth-order valence-corrected chi connectivity index (χ4v) is 2.75. The van der Waals surface area contributed by atoms with E-state index in [0.717, 1.165) is 18.7 Å². The lowest BCUT2D eigenvalue weighted by atomic mass is 10.1. The van der Waals surface area contributed by atoms with Gasteiger partial charge in [-0.05, 0) is 30.4 Å². The molecule has 1 aliphatic rings. The molecule has 0 atom stereocenters. The molecule has 3 heteroatoms. The highest BCUT2D eigenvalue weighted by atomic mass is 32.2. The number of amidine groups is 1. The van der Waals surface area contributed by atoms with Crippen molar-refractivity contribution in [3.05, 3.63) is 35.4 Å². The number of nitrogens with one attached hydrogen (secondary N) is 1. The van der Waals surface area contributed by atoms with Crippen LogP contribution in [-0.2, 0) is 6.54 Å². The lowest BCUT2D eigenvalue weighted by Crippen LogP contribution is -2.24. The van der Waals surface area contributed by atoms with E-state index in [-0.39, 0.29) is 0 Å². The zero-order valence-electron chi connectivity index (χ0n) is 10.4. The molecule has 0 aliphatic carbocycles. The van der Waals surface area contributed by atoms with E-state index >= 15 is 0 Å². The monoisotopic (exact) mass is 248 g/mol. The molecule has 0 spiro atoms. The van der Waals surface area contributed by atoms with E-state index in [1.807, 2.05) is 17.8 Å². The van der Waals surface area contributed by atoms with Crippen molar-refractivity contribution in [1.82, 2.24) is 4.90 Å². The van der Waals surface area contributed by atoms with Crippen molar-refractivity contribution in [1.29, 1.82) is 5.41 Å². The minimum Gasteiger partial charge on any atom is -0.352 e. The van der Waals surface area contributed by atoms with E-state index in [9.17, 15) is 0 Å². The first-order valence-electron chi connectivity index (χ1n) is 6.23. The van der Waals surface area contributed by atoms with Crippen LogP contribution in [0, 0.1) is 5.41 Å². The molecule has 92 valence electrons. The predicted molar refractivity (Wildman–Crippen MR) is 75.9 cm³/mol. The molecule has 0 bridgehead atoms. The Hall–Kier alpha value is -0.960. The number of rotatable bonds is 6. The molecule has 0 aromatic heterocycles. The second kappa shape index (κ2) is 6.10. The van der Waals surface area contributed by atoms with E-state index in [4.69, 9.17) is 5.41 Å². The number of unbranched alkanes of at least 4 members (excludes halogenated alkanes) is 2. The average molecular weight is 248 g/mol. The van der Waals surface area contributed by atoms with E-state index in [0.29, 0.717) is 5.84 Å². The third-order valence-electron chi connectivity index (χ3n) is 3.23. The van der Waals surface area contributed by atoms with Gasteiger partial charge in [-0.3, -0.25) is 5.41 Å². The van der Waals surface area contributed by atoms with Crippen molar-refractivity contribution in [3.63, 3.8) is 0 Å². The fraction of sp³-hybridized carbons (Fsp3) is 0.500. The molecule has 1 heterocycles. The quantitative estimate of drug-likeness (QED) is 0.782. The Bertz CT molecular complexity index is 390. The molecule has 2 rings (SSSR count). The summed E-state index contributed by atoms with van der Waals surface area (Å²) >= 11 is 1.92. The number of hydrogen-bond donors (Lipinski definition) is 1. The lowest BCUT2D eigenvalue weighted by Gasteiger charge is -2.17. The highest BCUT2D eigenvalue weighted by Gasteiger charge is 2.22. The van der Waals surface area contributed by atoms with Crippen LogP contribution in [0.3, 0.4) is 0 Å². The third-order valence-corrected chi connectivity index (χ3v) is 3.92. The maximum absolute atomic E-state index is 8.13. The fourth-order valence-electron chi connectivity index (χ4n) is 2.26. The minimum atomic E-state index is 0.713. The van der Waals surface area contributed by atoms with Crippen LogP contribution >= 0.6 is 11.8 Å². The summed E-state index contributed by atoms with van der Waals surface area (Å²) < 4.78 is 0. The zero-order chi connectivity index (χ0) is 12.1. The van der Waals surface area contributed by atoms with Crippen LogP contribution in [0.15, 0.2) is 24.3 Å². The van der Waals surface area contributed by atoms with Gasteiger partial charge in [0.05, 0.1) is 0 Å². The van der Waals surface area contributed by atoms with Crippen molar-refractivity contribution in [2.45, 2.75) is 25.8 Å². The summed E-state index contributed by atoms with van der Waals surface area (Å²) in [4.78, 5) is 2.20. The van der Waals surface area contributed by atoms with Crippen molar-refractivity contribution in [2.24, 2.45) is 0 Å². The maximum atomic E-state index is 8.13. The van der Waals surface area contributed by atoms with Crippen molar-refractivity contribution in [2.75, 3.05) is 18.6 Å². The highest BCUT2D eigenvalue weighted by molar-refractivity contribution is 7.98. The van der Waals surface area contributed by atoms with Gasteiger partial charge in [0, 0.05) is 18.7 Å². The Balaban J connectivity index is 1.80. The second-order valence-corrected chi connectivity index (χ2v) is 5.47. The average Bonchev–Trinajstić information content (AvgIpc) is 2.67. The largest absolute Gasteiger partial charge is 0.352 e. The first kappa shape index (κ1) is 12.5. The molecule has 0 saturated carbocycles. The summed E-state index contributed by atoms with van der Waals surface area (Å²) in [5.74, 6) is 1.97. The summed E-state index contributed by atoms with van der Waals surface area (Å²) in [5, 5.41) is 8.13. The molecule has 0 saturated heterocycles. The molecule has 0 fully saturated rings. The zero-order valence-corrected chi connectivity index (χ0v) is 11.2. The summed E-state index contributed by atoms with van der Waals surface area (Å²) in [6.45, 7) is 1.96. The Kier molecular flexibility index (Phi) is 4.49. The Morgan fingerprint density at radius 2 is 2.06 bits per heavy atom. The summed E-state index contributed by atoms with van der Waals surface area (Å²) in [7, 11) is 0. The Morgan fingerprint density at radius 3 is 2.82 bits per heavy atom. The molecular formula is C14H20N2S. The van der Waals surface area contributed by atoms with Gasteiger partial charge in [-0.25, -0.2) is 0 Å². The number of hydrogen-bond acceptors (Lipinski definition) is 2. The first-order chi connectivity index (χ1) is 8.33. The van der Waals surface area contributed by atoms with E-state index in [2.05, 4.69) is 29.4 Å². The number of fused-ring (bicyclic) bond motifs is 1. The van der Waals surface area contributed by atoms with Gasteiger partial charge in [0.1, 0.15) is 5.84 Å². The summed E-state index contributed by atoms with van der Waals surface area (Å²) in [6.07, 6.45) is 5.94. The lowest BCUT2D eigenvalue weighted by molar-refractivity contribution is 0.411. The number of nitrogens with zero attached hydrogens (tertiary/aromatic N) is 1. The van der Waals surface area contributed by atoms with Crippen LogP contribution in [0.5, 0.6) is 0 Å². The normalized spacial score (nSPS) is 14.2. The van der Waals surface area contributed by atoms with Gasteiger partial charge in [0.2, 0.25) is 0 Å². The molecule has 0 amide bonds. The van der Waals surface area contributed by atoms with E-state index in [1.165, 1.54) is 30.6 Å². The number of benzene rings is 1. The SMILES string of the molecule is CSCCCCCN1Cc2ccccc2C1=N. The van der Waals surface area contributed by atoms with Gasteiger partial charge < -0.3 is 4.90 Å². The Labute approximate surface area is 108 Å². The molecule has 1 aromatic carbocycles. The van der Waals surface area contributed by atoms with Crippen molar-refractivity contribution in [3.8, 4) is 0 Å². The topological polar surface area (TPSA) is 27.1 Å². The molecule has 0 radical (unpaired) electrons. The third kappa shape index (κ3) is 3.03. The first-order valence-corrected chi connectivity index (χ1v) is 7.63. The van der Waals surface area contributed by atoms with Gasteiger partial charge in [0.15, 0.2) is 0 Å². The maximum Gasteiger partial charge on any atom is 0.128 e. The smallest absolute Gasteiger partial charge is 0.128 e. The standard InChI is InChI=1S/C14H20N2S/c1-17-10-6-2-5-9-16-11-12-7-3-4-8-13(12)14(16)15/h3-4,7-8,15H,2,5-6,9-11H2,1H3. The van der Waals surface area contributed by atoms with Gasteiger partial charge in [-0.15, -0.1) is 0 Å². The molecular weight excluding hydrogens is 228 g/mol. The van der Waals surface area contributed by atoms with E-state index < -0.39 is 0 Å². The number of thioether (sulfide) groups is 1.